The maximum Gasteiger partial charge on any atom is 0.134 e. The number of thiazole rings is 2. The van der Waals surface area contributed by atoms with Crippen molar-refractivity contribution in [2.45, 2.75) is 6.61 Å². The molecule has 0 saturated carbocycles. The van der Waals surface area contributed by atoms with Crippen LogP contribution in [0.2, 0.25) is 0 Å². The summed E-state index contributed by atoms with van der Waals surface area (Å²) in [5.74, 6) is 0.768. The standard InChI is InChI=1S/C22H15N3OS2/c23-11-18(22-25-21(14-28-22)17-4-2-1-3-5-17)10-16-6-8-20(9-7-16)26-12-19-13-27-15-24-19/h1-10,13-15H,12H2. The van der Waals surface area contributed by atoms with Gasteiger partial charge in [0.2, 0.25) is 0 Å². The van der Waals surface area contributed by atoms with E-state index in [-0.39, 0.29) is 0 Å². The molecule has 2 aromatic heterocycles. The summed E-state index contributed by atoms with van der Waals surface area (Å²) < 4.78 is 5.72. The number of benzene rings is 2. The molecule has 4 aromatic rings. The van der Waals surface area contributed by atoms with Crippen LogP contribution in [0.15, 0.2) is 70.9 Å². The number of nitrogens with zero attached hydrogens (tertiary/aromatic N) is 3. The molecule has 0 aliphatic carbocycles. The van der Waals surface area contributed by atoms with Crippen LogP contribution in [-0.4, -0.2) is 9.97 Å². The van der Waals surface area contributed by atoms with E-state index in [1.807, 2.05) is 71.4 Å². The fraction of sp³-hybridized carbons (Fsp3) is 0.0455. The average Bonchev–Trinajstić information content (AvgIpc) is 3.44. The van der Waals surface area contributed by atoms with Gasteiger partial charge in [0.15, 0.2) is 0 Å². The lowest BCUT2D eigenvalue weighted by molar-refractivity contribution is 0.302. The minimum Gasteiger partial charge on any atom is -0.487 e. The van der Waals surface area contributed by atoms with Crippen molar-refractivity contribution >= 4 is 34.3 Å². The number of hydrogen-bond acceptors (Lipinski definition) is 6. The molecule has 4 nitrogen and oxygen atoms in total. The van der Waals surface area contributed by atoms with Crippen molar-refractivity contribution < 1.29 is 4.74 Å². The van der Waals surface area contributed by atoms with Crippen molar-refractivity contribution in [1.82, 2.24) is 9.97 Å². The predicted octanol–water partition coefficient (Wildman–Crippen LogP) is 5.91. The SMILES string of the molecule is N#CC(=Cc1ccc(OCc2cscn2)cc1)c1nc(-c2ccccc2)cs1. The molecule has 2 aromatic carbocycles. The summed E-state index contributed by atoms with van der Waals surface area (Å²) >= 11 is 3.02. The summed E-state index contributed by atoms with van der Waals surface area (Å²) in [4.78, 5) is 8.82. The van der Waals surface area contributed by atoms with E-state index in [1.54, 1.807) is 16.8 Å². The second-order valence-corrected chi connectivity index (χ2v) is 7.49. The molecule has 0 amide bonds. The highest BCUT2D eigenvalue weighted by molar-refractivity contribution is 7.11. The maximum atomic E-state index is 9.58. The quantitative estimate of drug-likeness (QED) is 0.377. The highest BCUT2D eigenvalue weighted by Crippen LogP contribution is 2.27. The smallest absolute Gasteiger partial charge is 0.134 e. The number of allylic oxidation sites excluding steroid dienone is 1. The van der Waals surface area contributed by atoms with Gasteiger partial charge in [0.05, 0.1) is 22.5 Å². The summed E-state index contributed by atoms with van der Waals surface area (Å²) in [5, 5.41) is 14.2. The normalized spacial score (nSPS) is 11.2. The Hall–Kier alpha value is -3.27. The van der Waals surface area contributed by atoms with E-state index in [0.717, 1.165) is 28.3 Å². The number of hydrogen-bond donors (Lipinski definition) is 0. The van der Waals surface area contributed by atoms with Gasteiger partial charge < -0.3 is 4.74 Å². The van der Waals surface area contributed by atoms with Gasteiger partial charge in [-0.05, 0) is 23.8 Å². The predicted molar refractivity (Wildman–Crippen MR) is 114 cm³/mol. The van der Waals surface area contributed by atoms with E-state index in [1.165, 1.54) is 11.3 Å². The molecule has 0 atom stereocenters. The molecule has 136 valence electrons. The van der Waals surface area contributed by atoms with Crippen LogP contribution in [0, 0.1) is 11.3 Å². The van der Waals surface area contributed by atoms with Crippen LogP contribution in [0.4, 0.5) is 0 Å². The second kappa shape index (κ2) is 8.61. The number of aromatic nitrogens is 2. The first-order valence-corrected chi connectivity index (χ1v) is 10.4. The van der Waals surface area contributed by atoms with Crippen molar-refractivity contribution in [2.75, 3.05) is 0 Å². The van der Waals surface area contributed by atoms with Gasteiger partial charge in [-0.1, -0.05) is 42.5 Å². The molecule has 2 heterocycles. The van der Waals surface area contributed by atoms with Crippen LogP contribution >= 0.6 is 22.7 Å². The van der Waals surface area contributed by atoms with Crippen LogP contribution in [0.1, 0.15) is 16.3 Å². The van der Waals surface area contributed by atoms with Crippen LogP contribution < -0.4 is 4.74 Å². The van der Waals surface area contributed by atoms with Gasteiger partial charge >= 0.3 is 0 Å². The van der Waals surface area contributed by atoms with Gasteiger partial charge in [0.1, 0.15) is 23.4 Å². The monoisotopic (exact) mass is 401 g/mol. The fourth-order valence-electron chi connectivity index (χ4n) is 2.57. The Labute approximate surface area is 171 Å². The Morgan fingerprint density at radius 3 is 2.61 bits per heavy atom. The summed E-state index contributed by atoms with van der Waals surface area (Å²) in [6.07, 6.45) is 1.85. The zero-order valence-corrected chi connectivity index (χ0v) is 16.4. The lowest BCUT2D eigenvalue weighted by Gasteiger charge is -2.04. The van der Waals surface area contributed by atoms with E-state index in [9.17, 15) is 5.26 Å². The third-order valence-corrected chi connectivity index (χ3v) is 5.50. The van der Waals surface area contributed by atoms with E-state index < -0.39 is 0 Å². The summed E-state index contributed by atoms with van der Waals surface area (Å²) in [6, 6.07) is 19.9. The fourth-order valence-corrected chi connectivity index (χ4v) is 3.91. The minimum absolute atomic E-state index is 0.448. The molecular weight excluding hydrogens is 386 g/mol. The first-order chi connectivity index (χ1) is 13.8. The lowest BCUT2D eigenvalue weighted by atomic mass is 10.1. The molecule has 0 N–H and O–H groups in total. The maximum absolute atomic E-state index is 9.58. The molecule has 0 unspecified atom stereocenters. The number of rotatable bonds is 6. The zero-order valence-electron chi connectivity index (χ0n) is 14.8. The van der Waals surface area contributed by atoms with E-state index >= 15 is 0 Å². The van der Waals surface area contributed by atoms with Crippen molar-refractivity contribution in [1.29, 1.82) is 5.26 Å². The highest BCUT2D eigenvalue weighted by atomic mass is 32.1. The van der Waals surface area contributed by atoms with Gasteiger partial charge in [-0.15, -0.1) is 22.7 Å². The molecule has 0 spiro atoms. The number of ether oxygens (including phenoxy) is 1. The van der Waals surface area contributed by atoms with Crippen molar-refractivity contribution in [2.24, 2.45) is 0 Å². The lowest BCUT2D eigenvalue weighted by Crippen LogP contribution is -1.95. The Kier molecular flexibility index (Phi) is 5.57. The summed E-state index contributed by atoms with van der Waals surface area (Å²) in [6.45, 7) is 0.448. The van der Waals surface area contributed by atoms with Crippen molar-refractivity contribution in [3.05, 3.63) is 87.1 Å². The Morgan fingerprint density at radius 1 is 1.07 bits per heavy atom. The van der Waals surface area contributed by atoms with Gasteiger partial charge in [-0.2, -0.15) is 5.26 Å². The summed E-state index contributed by atoms with van der Waals surface area (Å²) in [5.41, 5.74) is 6.10. The Morgan fingerprint density at radius 2 is 1.89 bits per heavy atom. The Bertz CT molecular complexity index is 1110. The largest absolute Gasteiger partial charge is 0.487 e. The van der Waals surface area contributed by atoms with Crippen molar-refractivity contribution in [3.63, 3.8) is 0 Å². The molecule has 0 bridgehead atoms. The highest BCUT2D eigenvalue weighted by Gasteiger charge is 2.09. The molecular formula is C22H15N3OS2. The minimum atomic E-state index is 0.448. The van der Waals surface area contributed by atoms with Gasteiger partial charge in [-0.3, -0.25) is 0 Å². The van der Waals surface area contributed by atoms with Gasteiger partial charge in [0, 0.05) is 16.3 Å². The molecule has 0 aliphatic heterocycles. The Balaban J connectivity index is 1.49. The molecule has 0 aliphatic rings. The zero-order chi connectivity index (χ0) is 19.2. The van der Waals surface area contributed by atoms with E-state index in [2.05, 4.69) is 16.0 Å². The van der Waals surface area contributed by atoms with Crippen LogP contribution in [-0.2, 0) is 6.61 Å². The third kappa shape index (κ3) is 4.34. The van der Waals surface area contributed by atoms with Gasteiger partial charge in [0.25, 0.3) is 0 Å². The summed E-state index contributed by atoms with van der Waals surface area (Å²) in [7, 11) is 0. The first-order valence-electron chi connectivity index (χ1n) is 8.55. The molecule has 4 rings (SSSR count). The molecule has 28 heavy (non-hydrogen) atoms. The second-order valence-electron chi connectivity index (χ2n) is 5.91. The molecule has 0 radical (unpaired) electrons. The molecule has 0 fully saturated rings. The topological polar surface area (TPSA) is 58.8 Å². The molecule has 0 saturated heterocycles. The van der Waals surface area contributed by atoms with E-state index in [4.69, 9.17) is 4.74 Å². The first kappa shape index (κ1) is 18.1. The van der Waals surface area contributed by atoms with Crippen LogP contribution in [0.25, 0.3) is 22.9 Å². The van der Waals surface area contributed by atoms with Crippen LogP contribution in [0.3, 0.4) is 0 Å². The third-order valence-electron chi connectivity index (χ3n) is 3.99. The van der Waals surface area contributed by atoms with Crippen molar-refractivity contribution in [3.8, 4) is 23.1 Å². The average molecular weight is 402 g/mol. The van der Waals surface area contributed by atoms with Crippen LogP contribution in [0.5, 0.6) is 5.75 Å². The van der Waals surface area contributed by atoms with E-state index in [0.29, 0.717) is 17.2 Å². The number of nitriles is 1. The van der Waals surface area contributed by atoms with Gasteiger partial charge in [-0.25, -0.2) is 9.97 Å². The molecule has 6 heteroatoms.